The maximum absolute atomic E-state index is 6.18. The van der Waals surface area contributed by atoms with Gasteiger partial charge in [0.15, 0.2) is 17.5 Å². The van der Waals surface area contributed by atoms with Gasteiger partial charge in [0.05, 0.1) is 0 Å². The minimum atomic E-state index is 0.603. The van der Waals surface area contributed by atoms with E-state index in [9.17, 15) is 0 Å². The van der Waals surface area contributed by atoms with Gasteiger partial charge in [-0.3, -0.25) is 0 Å². The van der Waals surface area contributed by atoms with Gasteiger partial charge in [0.25, 0.3) is 0 Å². The third-order valence-corrected chi connectivity index (χ3v) is 9.38. The number of rotatable bonds is 5. The number of hydrogen-bond acceptors (Lipinski definition) is 5. The van der Waals surface area contributed by atoms with Crippen molar-refractivity contribution in [1.29, 1.82) is 0 Å². The Bertz CT molecular complexity index is 2850. The molecule has 0 atom stereocenters. The average molecular weight is 642 g/mol. The number of benzene rings is 7. The molecule has 50 heavy (non-hydrogen) atoms. The second-order valence-corrected chi connectivity index (χ2v) is 12.4. The molecule has 234 valence electrons. The predicted octanol–water partition coefficient (Wildman–Crippen LogP) is 12.0. The third kappa shape index (κ3) is 4.75. The Hall–Kier alpha value is -6.85. The summed E-state index contributed by atoms with van der Waals surface area (Å²) >= 11 is 0. The zero-order valence-electron chi connectivity index (χ0n) is 26.7. The van der Waals surface area contributed by atoms with Crippen LogP contribution >= 0.6 is 0 Å². The molecule has 3 heterocycles. The molecule has 5 heteroatoms. The van der Waals surface area contributed by atoms with Crippen molar-refractivity contribution in [2.24, 2.45) is 0 Å². The van der Waals surface area contributed by atoms with Crippen LogP contribution in [-0.2, 0) is 0 Å². The summed E-state index contributed by atoms with van der Waals surface area (Å²) in [7, 11) is 0. The fraction of sp³-hybridized carbons (Fsp3) is 0. The van der Waals surface area contributed by atoms with Gasteiger partial charge in [0.1, 0.15) is 22.3 Å². The largest absolute Gasteiger partial charge is 0.456 e. The summed E-state index contributed by atoms with van der Waals surface area (Å²) in [5.74, 6) is 1.84. The molecule has 0 bridgehead atoms. The molecule has 0 saturated carbocycles. The average Bonchev–Trinajstić information content (AvgIpc) is 3.76. The van der Waals surface area contributed by atoms with E-state index in [1.807, 2.05) is 78.9 Å². The molecule has 0 unspecified atom stereocenters. The van der Waals surface area contributed by atoms with Crippen molar-refractivity contribution < 1.29 is 8.83 Å². The number of nitrogens with zero attached hydrogens (tertiary/aromatic N) is 3. The lowest BCUT2D eigenvalue weighted by atomic mass is 9.99. The Morgan fingerprint density at radius 1 is 0.300 bits per heavy atom. The van der Waals surface area contributed by atoms with Gasteiger partial charge in [0, 0.05) is 38.2 Å². The lowest BCUT2D eigenvalue weighted by Gasteiger charge is -2.10. The van der Waals surface area contributed by atoms with E-state index in [1.54, 1.807) is 0 Å². The summed E-state index contributed by atoms with van der Waals surface area (Å²) < 4.78 is 12.3. The van der Waals surface area contributed by atoms with Crippen LogP contribution in [0.1, 0.15) is 0 Å². The number of aromatic nitrogens is 3. The Labute approximate surface area is 287 Å². The lowest BCUT2D eigenvalue weighted by Crippen LogP contribution is -2.00. The molecule has 0 N–H and O–H groups in total. The van der Waals surface area contributed by atoms with Gasteiger partial charge in [-0.2, -0.15) is 0 Å². The highest BCUT2D eigenvalue weighted by molar-refractivity contribution is 6.11. The number of fused-ring (bicyclic) bond motifs is 6. The van der Waals surface area contributed by atoms with Gasteiger partial charge in [-0.25, -0.2) is 15.0 Å². The van der Waals surface area contributed by atoms with Crippen molar-refractivity contribution in [2.75, 3.05) is 0 Å². The van der Waals surface area contributed by atoms with Crippen molar-refractivity contribution in [3.05, 3.63) is 164 Å². The molecule has 10 rings (SSSR count). The van der Waals surface area contributed by atoms with Crippen LogP contribution in [0.5, 0.6) is 0 Å². The summed E-state index contributed by atoms with van der Waals surface area (Å²) in [6, 6.07) is 55.8. The van der Waals surface area contributed by atoms with Crippen LogP contribution in [0.15, 0.2) is 173 Å². The van der Waals surface area contributed by atoms with Crippen LogP contribution in [0.3, 0.4) is 0 Å². The normalized spacial score (nSPS) is 11.6. The van der Waals surface area contributed by atoms with Crippen molar-refractivity contribution in [3.8, 4) is 56.4 Å². The first-order chi connectivity index (χ1) is 24.7. The first kappa shape index (κ1) is 28.2. The van der Waals surface area contributed by atoms with Gasteiger partial charge < -0.3 is 8.83 Å². The molecule has 0 radical (unpaired) electrons. The van der Waals surface area contributed by atoms with Crippen molar-refractivity contribution in [3.63, 3.8) is 0 Å². The summed E-state index contributed by atoms with van der Waals surface area (Å²) in [4.78, 5) is 15.0. The van der Waals surface area contributed by atoms with Gasteiger partial charge in [-0.15, -0.1) is 0 Å². The highest BCUT2D eigenvalue weighted by atomic mass is 16.3. The zero-order chi connectivity index (χ0) is 33.0. The standard InChI is InChI=1S/C45H27N3O2/c1-2-9-31(10-3-1)43-46-44(48-45(47-43)37-13-8-16-40-42(37)36-12-5-7-15-39(36)49-40)32-23-21-29(22-24-32)28-17-19-30(20-18-28)33-25-26-35-34-11-4-6-14-38(34)50-41(35)27-33/h1-27H. The fourth-order valence-electron chi connectivity index (χ4n) is 6.88. The zero-order valence-corrected chi connectivity index (χ0v) is 26.7. The van der Waals surface area contributed by atoms with Crippen LogP contribution in [0.25, 0.3) is 100 Å². The molecule has 0 spiro atoms. The summed E-state index contributed by atoms with van der Waals surface area (Å²) in [5, 5.41) is 4.30. The highest BCUT2D eigenvalue weighted by Crippen LogP contribution is 2.37. The van der Waals surface area contributed by atoms with Crippen LogP contribution < -0.4 is 0 Å². The quantitative estimate of drug-likeness (QED) is 0.187. The fourth-order valence-corrected chi connectivity index (χ4v) is 6.88. The minimum absolute atomic E-state index is 0.603. The molecule has 0 amide bonds. The van der Waals surface area contributed by atoms with E-state index >= 15 is 0 Å². The molecule has 0 fully saturated rings. The van der Waals surface area contributed by atoms with E-state index in [0.29, 0.717) is 17.5 Å². The highest BCUT2D eigenvalue weighted by Gasteiger charge is 2.18. The Morgan fingerprint density at radius 3 is 1.50 bits per heavy atom. The maximum atomic E-state index is 6.18. The Balaban J connectivity index is 1.01. The third-order valence-electron chi connectivity index (χ3n) is 9.38. The number of para-hydroxylation sites is 2. The Morgan fingerprint density at radius 2 is 0.780 bits per heavy atom. The molecule has 0 aliphatic carbocycles. The molecular weight excluding hydrogens is 615 g/mol. The molecule has 10 aromatic rings. The minimum Gasteiger partial charge on any atom is -0.456 e. The van der Waals surface area contributed by atoms with Crippen LogP contribution in [0.2, 0.25) is 0 Å². The van der Waals surface area contributed by atoms with E-state index in [2.05, 4.69) is 84.9 Å². The molecule has 0 aliphatic rings. The molecule has 5 nitrogen and oxygen atoms in total. The number of furan rings is 2. The van der Waals surface area contributed by atoms with Crippen molar-refractivity contribution in [2.45, 2.75) is 0 Å². The van der Waals surface area contributed by atoms with E-state index in [0.717, 1.165) is 82.8 Å². The van der Waals surface area contributed by atoms with E-state index in [4.69, 9.17) is 23.8 Å². The molecule has 0 aliphatic heterocycles. The van der Waals surface area contributed by atoms with Gasteiger partial charge >= 0.3 is 0 Å². The first-order valence-electron chi connectivity index (χ1n) is 16.6. The van der Waals surface area contributed by atoms with Crippen molar-refractivity contribution in [1.82, 2.24) is 15.0 Å². The second-order valence-electron chi connectivity index (χ2n) is 12.4. The van der Waals surface area contributed by atoms with Gasteiger partial charge in [0.2, 0.25) is 0 Å². The topological polar surface area (TPSA) is 65.0 Å². The summed E-state index contributed by atoms with van der Waals surface area (Å²) in [5.41, 5.74) is 10.7. The monoisotopic (exact) mass is 641 g/mol. The molecule has 3 aromatic heterocycles. The Kier molecular flexibility index (Phi) is 6.42. The lowest BCUT2D eigenvalue weighted by molar-refractivity contribution is 0.668. The van der Waals surface area contributed by atoms with E-state index < -0.39 is 0 Å². The summed E-state index contributed by atoms with van der Waals surface area (Å²) in [6.07, 6.45) is 0. The predicted molar refractivity (Wildman–Crippen MR) is 202 cm³/mol. The van der Waals surface area contributed by atoms with Crippen LogP contribution in [0, 0.1) is 0 Å². The second kappa shape index (κ2) is 11.4. The van der Waals surface area contributed by atoms with Gasteiger partial charge in [-0.05, 0) is 52.6 Å². The smallest absolute Gasteiger partial charge is 0.164 e. The van der Waals surface area contributed by atoms with E-state index in [1.165, 1.54) is 0 Å². The molecule has 7 aromatic carbocycles. The SMILES string of the molecule is c1ccc(-c2nc(-c3ccc(-c4ccc(-c5ccc6c(c5)oc5ccccc56)cc4)cc3)nc(-c3cccc4oc5ccccc5c34)n2)cc1. The number of hydrogen-bond donors (Lipinski definition) is 0. The van der Waals surface area contributed by atoms with Gasteiger partial charge in [-0.1, -0.05) is 133 Å². The molecule has 0 saturated heterocycles. The van der Waals surface area contributed by atoms with Crippen molar-refractivity contribution >= 4 is 43.9 Å². The van der Waals surface area contributed by atoms with Crippen LogP contribution in [0.4, 0.5) is 0 Å². The van der Waals surface area contributed by atoms with E-state index in [-0.39, 0.29) is 0 Å². The summed E-state index contributed by atoms with van der Waals surface area (Å²) in [6.45, 7) is 0. The molecular formula is C45H27N3O2. The maximum Gasteiger partial charge on any atom is 0.164 e. The first-order valence-corrected chi connectivity index (χ1v) is 16.6. The van der Waals surface area contributed by atoms with Crippen LogP contribution in [-0.4, -0.2) is 15.0 Å².